The number of hydrogen-bond donors (Lipinski definition) is 0. The molecule has 0 rings (SSSR count). The lowest BCUT2D eigenvalue weighted by Crippen LogP contribution is -2.23. The zero-order valence-corrected chi connectivity index (χ0v) is 15.1. The Labute approximate surface area is 138 Å². The number of rotatable bonds is 13. The highest BCUT2D eigenvalue weighted by atomic mass is 16.6. The van der Waals surface area contributed by atoms with Gasteiger partial charge in [0.15, 0.2) is 0 Å². The molecule has 0 saturated heterocycles. The number of ether oxygens (including phenoxy) is 1. The summed E-state index contributed by atoms with van der Waals surface area (Å²) in [5, 5.41) is 0. The number of esters is 1. The SMILES string of the molecule is C#CCCCCCCCCCCCCCC(=O)OC(C)(C)C. The fourth-order valence-electron chi connectivity index (χ4n) is 2.48. The molecule has 0 aliphatic carbocycles. The van der Waals surface area contributed by atoms with Crippen LogP contribution in [0.5, 0.6) is 0 Å². The van der Waals surface area contributed by atoms with E-state index in [1.54, 1.807) is 0 Å². The maximum absolute atomic E-state index is 11.5. The Morgan fingerprint density at radius 1 is 0.818 bits per heavy atom. The van der Waals surface area contributed by atoms with E-state index in [0.29, 0.717) is 6.42 Å². The molecule has 0 saturated carbocycles. The quantitative estimate of drug-likeness (QED) is 0.236. The molecule has 0 unspecified atom stereocenters. The van der Waals surface area contributed by atoms with Crippen LogP contribution in [0.3, 0.4) is 0 Å². The molecule has 0 radical (unpaired) electrons. The lowest BCUT2D eigenvalue weighted by molar-refractivity contribution is -0.154. The Bertz CT molecular complexity index is 307. The van der Waals surface area contributed by atoms with Crippen LogP contribution in [0.25, 0.3) is 0 Å². The van der Waals surface area contributed by atoms with E-state index in [2.05, 4.69) is 5.92 Å². The normalized spacial score (nSPS) is 11.2. The van der Waals surface area contributed by atoms with E-state index < -0.39 is 0 Å². The van der Waals surface area contributed by atoms with Crippen molar-refractivity contribution >= 4 is 5.97 Å². The van der Waals surface area contributed by atoms with Gasteiger partial charge in [-0.05, 0) is 33.6 Å². The highest BCUT2D eigenvalue weighted by Crippen LogP contribution is 2.14. The van der Waals surface area contributed by atoms with Crippen LogP contribution in [0, 0.1) is 12.3 Å². The van der Waals surface area contributed by atoms with Gasteiger partial charge in [-0.3, -0.25) is 4.79 Å². The average Bonchev–Trinajstić information content (AvgIpc) is 2.42. The molecule has 0 bridgehead atoms. The first-order valence-corrected chi connectivity index (χ1v) is 9.11. The molecule has 0 aromatic heterocycles. The summed E-state index contributed by atoms with van der Waals surface area (Å²) in [6, 6.07) is 0. The van der Waals surface area contributed by atoms with Crippen molar-refractivity contribution in [1.29, 1.82) is 0 Å². The summed E-state index contributed by atoms with van der Waals surface area (Å²) in [7, 11) is 0. The summed E-state index contributed by atoms with van der Waals surface area (Å²) in [5.74, 6) is 2.63. The standard InChI is InChI=1S/C20H36O2/c1-5-6-7-8-9-10-11-12-13-14-15-16-17-18-19(21)22-20(2,3)4/h1H,6-18H2,2-4H3. The van der Waals surface area contributed by atoms with Crippen molar-refractivity contribution < 1.29 is 9.53 Å². The third-order valence-electron chi connectivity index (χ3n) is 3.62. The second kappa shape index (κ2) is 13.7. The Balaban J connectivity index is 3.18. The van der Waals surface area contributed by atoms with Crippen LogP contribution in [0.1, 0.15) is 104 Å². The molecule has 0 amide bonds. The lowest BCUT2D eigenvalue weighted by Gasteiger charge is -2.19. The second-order valence-corrected chi connectivity index (χ2v) is 7.18. The monoisotopic (exact) mass is 308 g/mol. The van der Waals surface area contributed by atoms with Crippen molar-refractivity contribution in [2.75, 3.05) is 0 Å². The minimum atomic E-state index is -0.349. The van der Waals surface area contributed by atoms with Gasteiger partial charge in [-0.2, -0.15) is 0 Å². The van der Waals surface area contributed by atoms with Crippen molar-refractivity contribution in [2.45, 2.75) is 110 Å². The molecule has 0 heterocycles. The number of carbonyl (C=O) groups excluding carboxylic acids is 1. The van der Waals surface area contributed by atoms with Crippen molar-refractivity contribution in [3.63, 3.8) is 0 Å². The first-order valence-electron chi connectivity index (χ1n) is 9.11. The van der Waals surface area contributed by atoms with Crippen molar-refractivity contribution in [2.24, 2.45) is 0 Å². The van der Waals surface area contributed by atoms with Crippen molar-refractivity contribution in [1.82, 2.24) is 0 Å². The van der Waals surface area contributed by atoms with Crippen LogP contribution < -0.4 is 0 Å². The summed E-state index contributed by atoms with van der Waals surface area (Å²) in [4.78, 5) is 11.5. The highest BCUT2D eigenvalue weighted by Gasteiger charge is 2.15. The van der Waals surface area contributed by atoms with E-state index in [1.807, 2.05) is 20.8 Å². The third kappa shape index (κ3) is 17.1. The summed E-state index contributed by atoms with van der Waals surface area (Å²) in [6.07, 6.45) is 20.6. The van der Waals surface area contributed by atoms with E-state index in [-0.39, 0.29) is 11.6 Å². The van der Waals surface area contributed by atoms with Gasteiger partial charge in [-0.15, -0.1) is 12.3 Å². The molecule has 2 heteroatoms. The number of hydrogen-bond acceptors (Lipinski definition) is 2. The molecular weight excluding hydrogens is 272 g/mol. The van der Waals surface area contributed by atoms with Crippen LogP contribution in [0.15, 0.2) is 0 Å². The van der Waals surface area contributed by atoms with E-state index in [1.165, 1.54) is 57.8 Å². The molecule has 0 aliphatic heterocycles. The van der Waals surface area contributed by atoms with Crippen LogP contribution in [-0.2, 0) is 9.53 Å². The number of unbranched alkanes of at least 4 members (excludes halogenated alkanes) is 11. The van der Waals surface area contributed by atoms with Crippen LogP contribution in [-0.4, -0.2) is 11.6 Å². The predicted octanol–water partition coefficient (Wildman–Crippen LogP) is 6.03. The fraction of sp³-hybridized carbons (Fsp3) is 0.850. The average molecular weight is 309 g/mol. The second-order valence-electron chi connectivity index (χ2n) is 7.18. The molecule has 0 fully saturated rings. The van der Waals surface area contributed by atoms with Gasteiger partial charge >= 0.3 is 5.97 Å². The number of carbonyl (C=O) groups is 1. The molecule has 0 aromatic rings. The zero-order chi connectivity index (χ0) is 16.7. The van der Waals surface area contributed by atoms with Gasteiger partial charge in [-0.1, -0.05) is 57.8 Å². The van der Waals surface area contributed by atoms with E-state index in [9.17, 15) is 4.79 Å². The first kappa shape index (κ1) is 21.0. The molecule has 0 spiro atoms. The molecule has 2 nitrogen and oxygen atoms in total. The topological polar surface area (TPSA) is 26.3 Å². The van der Waals surface area contributed by atoms with Crippen LogP contribution >= 0.6 is 0 Å². The predicted molar refractivity (Wildman–Crippen MR) is 94.7 cm³/mol. The van der Waals surface area contributed by atoms with Crippen molar-refractivity contribution in [3.05, 3.63) is 0 Å². The molecule has 128 valence electrons. The van der Waals surface area contributed by atoms with Crippen LogP contribution in [0.4, 0.5) is 0 Å². The molecular formula is C20H36O2. The van der Waals surface area contributed by atoms with Gasteiger partial charge in [0.25, 0.3) is 0 Å². The smallest absolute Gasteiger partial charge is 0.306 e. The van der Waals surface area contributed by atoms with E-state index in [4.69, 9.17) is 11.2 Å². The maximum atomic E-state index is 11.5. The van der Waals surface area contributed by atoms with Gasteiger partial charge in [-0.25, -0.2) is 0 Å². The van der Waals surface area contributed by atoms with Gasteiger partial charge < -0.3 is 4.74 Å². The summed E-state index contributed by atoms with van der Waals surface area (Å²) >= 11 is 0. The zero-order valence-electron chi connectivity index (χ0n) is 15.1. The van der Waals surface area contributed by atoms with Gasteiger partial charge in [0.2, 0.25) is 0 Å². The molecule has 0 aliphatic rings. The highest BCUT2D eigenvalue weighted by molar-refractivity contribution is 5.69. The van der Waals surface area contributed by atoms with Gasteiger partial charge in [0, 0.05) is 12.8 Å². The molecule has 0 aromatic carbocycles. The summed E-state index contributed by atoms with van der Waals surface area (Å²) in [5.41, 5.74) is -0.349. The van der Waals surface area contributed by atoms with Crippen LogP contribution in [0.2, 0.25) is 0 Å². The number of terminal acetylenes is 1. The molecule has 0 atom stereocenters. The van der Waals surface area contributed by atoms with Gasteiger partial charge in [0.05, 0.1) is 0 Å². The first-order chi connectivity index (χ1) is 10.5. The van der Waals surface area contributed by atoms with Gasteiger partial charge in [0.1, 0.15) is 5.60 Å². The summed E-state index contributed by atoms with van der Waals surface area (Å²) < 4.78 is 5.30. The van der Waals surface area contributed by atoms with E-state index in [0.717, 1.165) is 19.3 Å². The largest absolute Gasteiger partial charge is 0.460 e. The van der Waals surface area contributed by atoms with Crippen molar-refractivity contribution in [3.8, 4) is 12.3 Å². The third-order valence-corrected chi connectivity index (χ3v) is 3.62. The molecule has 0 N–H and O–H groups in total. The lowest BCUT2D eigenvalue weighted by atomic mass is 10.0. The minimum Gasteiger partial charge on any atom is -0.460 e. The Morgan fingerprint density at radius 2 is 1.23 bits per heavy atom. The Kier molecular flexibility index (Phi) is 13.1. The minimum absolute atomic E-state index is 0.0580. The maximum Gasteiger partial charge on any atom is 0.306 e. The Hall–Kier alpha value is -0.970. The fourth-order valence-corrected chi connectivity index (χ4v) is 2.48. The molecule has 22 heavy (non-hydrogen) atoms. The van der Waals surface area contributed by atoms with E-state index >= 15 is 0 Å². The summed E-state index contributed by atoms with van der Waals surface area (Å²) in [6.45, 7) is 5.75. The Morgan fingerprint density at radius 3 is 1.64 bits per heavy atom.